The van der Waals surface area contributed by atoms with Crippen LogP contribution in [0.15, 0.2) is 18.2 Å². The minimum atomic E-state index is -0.801. The molecule has 5 atom stereocenters. The number of carbonyl (C=O) groups is 2. The quantitative estimate of drug-likeness (QED) is 0.599. The minimum absolute atomic E-state index is 0.0613. The standard InChI is InChI=1S/C18H24O8/c1-9-10(2)18(25-14-7-5-6-13(21)16(14)22)26-15(8-23-11(3)19)17(9)24-12(4)20/h5-7,9-10,15,17-18,21-22H,8H2,1-4H3/t9-,10-,15-,17+,18-/m1/s1. The Morgan fingerprint density at radius 1 is 1.12 bits per heavy atom. The van der Waals surface area contributed by atoms with Crippen LogP contribution in [0.25, 0.3) is 0 Å². The molecule has 0 radical (unpaired) electrons. The summed E-state index contributed by atoms with van der Waals surface area (Å²) >= 11 is 0. The summed E-state index contributed by atoms with van der Waals surface area (Å²) in [7, 11) is 0. The van der Waals surface area contributed by atoms with Crippen molar-refractivity contribution >= 4 is 11.9 Å². The van der Waals surface area contributed by atoms with Crippen LogP contribution in [-0.4, -0.2) is 47.3 Å². The molecule has 1 fully saturated rings. The van der Waals surface area contributed by atoms with Crippen molar-refractivity contribution in [2.75, 3.05) is 6.61 Å². The maximum absolute atomic E-state index is 11.4. The number of ether oxygens (including phenoxy) is 4. The van der Waals surface area contributed by atoms with Crippen molar-refractivity contribution in [2.45, 2.75) is 46.2 Å². The average Bonchev–Trinajstić information content (AvgIpc) is 2.56. The fourth-order valence-corrected chi connectivity index (χ4v) is 2.83. The van der Waals surface area contributed by atoms with E-state index in [0.717, 1.165) is 0 Å². The second-order valence-electron chi connectivity index (χ2n) is 6.38. The Bertz CT molecular complexity index is 659. The minimum Gasteiger partial charge on any atom is -0.504 e. The monoisotopic (exact) mass is 368 g/mol. The number of benzene rings is 1. The van der Waals surface area contributed by atoms with E-state index in [0.29, 0.717) is 0 Å². The maximum Gasteiger partial charge on any atom is 0.303 e. The van der Waals surface area contributed by atoms with E-state index in [-0.39, 0.29) is 29.9 Å². The highest BCUT2D eigenvalue weighted by Crippen LogP contribution is 2.39. The first kappa shape index (κ1) is 19.8. The van der Waals surface area contributed by atoms with Gasteiger partial charge in [-0.25, -0.2) is 0 Å². The summed E-state index contributed by atoms with van der Waals surface area (Å²) in [5, 5.41) is 19.5. The molecule has 2 rings (SSSR count). The molecule has 0 aliphatic carbocycles. The van der Waals surface area contributed by atoms with E-state index in [4.69, 9.17) is 18.9 Å². The number of carbonyl (C=O) groups excluding carboxylic acids is 2. The third-order valence-corrected chi connectivity index (χ3v) is 4.43. The van der Waals surface area contributed by atoms with Crippen LogP contribution in [0.2, 0.25) is 0 Å². The average molecular weight is 368 g/mol. The molecule has 144 valence electrons. The van der Waals surface area contributed by atoms with Crippen LogP contribution in [0.5, 0.6) is 17.2 Å². The molecule has 1 saturated heterocycles. The summed E-state index contributed by atoms with van der Waals surface area (Å²) < 4.78 is 22.0. The number of esters is 2. The second kappa shape index (κ2) is 8.27. The zero-order valence-corrected chi connectivity index (χ0v) is 15.2. The van der Waals surface area contributed by atoms with Gasteiger partial charge in [0, 0.05) is 25.7 Å². The molecule has 0 aromatic heterocycles. The smallest absolute Gasteiger partial charge is 0.303 e. The molecule has 0 spiro atoms. The van der Waals surface area contributed by atoms with Gasteiger partial charge in [0.25, 0.3) is 0 Å². The molecule has 0 amide bonds. The van der Waals surface area contributed by atoms with Crippen molar-refractivity contribution in [2.24, 2.45) is 11.8 Å². The van der Waals surface area contributed by atoms with Gasteiger partial charge in [-0.2, -0.15) is 0 Å². The summed E-state index contributed by atoms with van der Waals surface area (Å²) in [6.45, 7) is 6.20. The van der Waals surface area contributed by atoms with Gasteiger partial charge in [-0.1, -0.05) is 19.9 Å². The van der Waals surface area contributed by atoms with E-state index in [9.17, 15) is 19.8 Å². The Morgan fingerprint density at radius 2 is 1.81 bits per heavy atom. The third-order valence-electron chi connectivity index (χ3n) is 4.43. The van der Waals surface area contributed by atoms with Gasteiger partial charge in [0.1, 0.15) is 18.8 Å². The molecule has 1 heterocycles. The first-order valence-electron chi connectivity index (χ1n) is 8.34. The Morgan fingerprint density at radius 3 is 2.42 bits per heavy atom. The number of hydrogen-bond acceptors (Lipinski definition) is 8. The van der Waals surface area contributed by atoms with Crippen molar-refractivity contribution in [3.63, 3.8) is 0 Å². The van der Waals surface area contributed by atoms with Crippen LogP contribution >= 0.6 is 0 Å². The predicted octanol–water partition coefficient (Wildman–Crippen LogP) is 1.97. The summed E-state index contributed by atoms with van der Waals surface area (Å²) in [6, 6.07) is 4.35. The molecule has 26 heavy (non-hydrogen) atoms. The third kappa shape index (κ3) is 4.57. The first-order chi connectivity index (χ1) is 12.2. The molecule has 8 heteroatoms. The van der Waals surface area contributed by atoms with E-state index in [1.807, 2.05) is 13.8 Å². The fraction of sp³-hybridized carbons (Fsp3) is 0.556. The van der Waals surface area contributed by atoms with Gasteiger partial charge >= 0.3 is 11.9 Å². The van der Waals surface area contributed by atoms with Crippen molar-refractivity contribution in [1.29, 1.82) is 0 Å². The van der Waals surface area contributed by atoms with E-state index in [2.05, 4.69) is 0 Å². The SMILES string of the molecule is CC(=O)OC[C@H]1O[C@@H](Oc2cccc(O)c2O)[C@H](C)[C@@H](C)[C@@H]1OC(C)=O. The van der Waals surface area contributed by atoms with Crippen molar-refractivity contribution < 1.29 is 38.7 Å². The van der Waals surface area contributed by atoms with Crippen LogP contribution in [0.4, 0.5) is 0 Å². The van der Waals surface area contributed by atoms with Gasteiger partial charge in [-0.3, -0.25) is 9.59 Å². The molecule has 2 N–H and O–H groups in total. The molecule has 1 aromatic rings. The van der Waals surface area contributed by atoms with Gasteiger partial charge < -0.3 is 29.2 Å². The van der Waals surface area contributed by atoms with Crippen LogP contribution in [0, 0.1) is 11.8 Å². The van der Waals surface area contributed by atoms with E-state index < -0.39 is 36.2 Å². The summed E-state index contributed by atoms with van der Waals surface area (Å²) in [5.74, 6) is -1.97. The maximum atomic E-state index is 11.4. The summed E-state index contributed by atoms with van der Waals surface area (Å²) in [4.78, 5) is 22.6. The number of rotatable bonds is 5. The Hall–Kier alpha value is -2.48. The number of phenolic OH excluding ortho intramolecular Hbond substituents is 2. The van der Waals surface area contributed by atoms with Gasteiger partial charge in [0.2, 0.25) is 12.0 Å². The lowest BCUT2D eigenvalue weighted by Crippen LogP contribution is -2.54. The lowest BCUT2D eigenvalue weighted by molar-refractivity contribution is -0.248. The summed E-state index contributed by atoms with van der Waals surface area (Å²) in [5.41, 5.74) is 0. The number of hydrogen-bond donors (Lipinski definition) is 2. The van der Waals surface area contributed by atoms with Crippen molar-refractivity contribution in [3.8, 4) is 17.2 Å². The Kier molecular flexibility index (Phi) is 6.31. The lowest BCUT2D eigenvalue weighted by atomic mass is 9.84. The molecule has 1 aliphatic rings. The van der Waals surface area contributed by atoms with E-state index in [1.54, 1.807) is 0 Å². The van der Waals surface area contributed by atoms with Crippen molar-refractivity contribution in [3.05, 3.63) is 18.2 Å². The number of aromatic hydroxyl groups is 2. The van der Waals surface area contributed by atoms with Crippen LogP contribution in [-0.2, 0) is 23.8 Å². The van der Waals surface area contributed by atoms with E-state index in [1.165, 1.54) is 32.0 Å². The largest absolute Gasteiger partial charge is 0.504 e. The molecule has 1 aromatic carbocycles. The number of phenols is 2. The molecular formula is C18H24O8. The first-order valence-corrected chi connectivity index (χ1v) is 8.34. The molecule has 0 saturated carbocycles. The normalized spacial score (nSPS) is 28.2. The van der Waals surface area contributed by atoms with Gasteiger partial charge in [-0.05, 0) is 12.1 Å². The van der Waals surface area contributed by atoms with Gasteiger partial charge in [0.15, 0.2) is 11.5 Å². The van der Waals surface area contributed by atoms with Crippen LogP contribution in [0.1, 0.15) is 27.7 Å². The topological polar surface area (TPSA) is 112 Å². The second-order valence-corrected chi connectivity index (χ2v) is 6.38. The van der Waals surface area contributed by atoms with Gasteiger partial charge in [0.05, 0.1) is 0 Å². The Balaban J connectivity index is 2.21. The predicted molar refractivity (Wildman–Crippen MR) is 89.6 cm³/mol. The molecular weight excluding hydrogens is 344 g/mol. The zero-order valence-electron chi connectivity index (χ0n) is 15.2. The zero-order chi connectivity index (χ0) is 19.4. The molecule has 1 aliphatic heterocycles. The molecule has 0 unspecified atom stereocenters. The highest BCUT2D eigenvalue weighted by atomic mass is 16.7. The lowest BCUT2D eigenvalue weighted by Gasteiger charge is -2.43. The van der Waals surface area contributed by atoms with Crippen LogP contribution in [0.3, 0.4) is 0 Å². The fourth-order valence-electron chi connectivity index (χ4n) is 2.83. The highest BCUT2D eigenvalue weighted by Gasteiger charge is 2.45. The van der Waals surface area contributed by atoms with Gasteiger partial charge in [-0.15, -0.1) is 0 Å². The molecule has 0 bridgehead atoms. The van der Waals surface area contributed by atoms with Crippen LogP contribution < -0.4 is 4.74 Å². The summed E-state index contributed by atoms with van der Waals surface area (Å²) in [6.07, 6.45) is -2.14. The highest BCUT2D eigenvalue weighted by molar-refractivity contribution is 5.66. The molecule has 8 nitrogen and oxygen atoms in total. The van der Waals surface area contributed by atoms with Crippen molar-refractivity contribution in [1.82, 2.24) is 0 Å². The number of para-hydroxylation sites is 1. The van der Waals surface area contributed by atoms with E-state index >= 15 is 0 Å². The Labute approximate surface area is 151 Å².